The molecule has 0 aliphatic carbocycles. The lowest BCUT2D eigenvalue weighted by atomic mass is 10.2. The highest BCUT2D eigenvalue weighted by Crippen LogP contribution is 2.45. The summed E-state index contributed by atoms with van der Waals surface area (Å²) < 4.78 is -0.123. The lowest BCUT2D eigenvalue weighted by Crippen LogP contribution is -2.19. The highest BCUT2D eigenvalue weighted by molar-refractivity contribution is 5.98. The fourth-order valence-corrected chi connectivity index (χ4v) is 1.84. The molecule has 3 rings (SSSR count). The molecule has 1 amide bonds. The van der Waals surface area contributed by atoms with Gasteiger partial charge in [-0.25, -0.2) is 0 Å². The van der Waals surface area contributed by atoms with E-state index in [-0.39, 0.29) is 10.7 Å². The van der Waals surface area contributed by atoms with E-state index in [1.807, 2.05) is 60.7 Å². The number of hydrogen-bond donors (Lipinski definition) is 0. The first-order valence-electron chi connectivity index (χ1n) is 5.08. The molecule has 1 aliphatic rings. The zero-order chi connectivity index (χ0) is 11.0. The summed E-state index contributed by atoms with van der Waals surface area (Å²) in [4.78, 5) is 16.7. The zero-order valence-corrected chi connectivity index (χ0v) is 8.54. The third kappa shape index (κ3) is 1.15. The van der Waals surface area contributed by atoms with Crippen molar-refractivity contribution in [1.29, 1.82) is 0 Å². The average Bonchev–Trinajstić information content (AvgIpc) is 3.05. The summed E-state index contributed by atoms with van der Waals surface area (Å²) in [5, 5.41) is 0. The van der Waals surface area contributed by atoms with Gasteiger partial charge in [0.25, 0.3) is 0 Å². The second-order valence-electron chi connectivity index (χ2n) is 3.64. The Balaban J connectivity index is 2.13. The van der Waals surface area contributed by atoms with Crippen molar-refractivity contribution in [2.24, 2.45) is 0 Å². The Morgan fingerprint density at radius 2 is 1.12 bits per heavy atom. The molecule has 2 aromatic rings. The van der Waals surface area contributed by atoms with Crippen molar-refractivity contribution in [3.05, 3.63) is 60.7 Å². The summed E-state index contributed by atoms with van der Waals surface area (Å²) in [6.45, 7) is 0. The van der Waals surface area contributed by atoms with Gasteiger partial charge in [0.2, 0.25) is 0 Å². The molecular formula is C13H10NO2+. The third-order valence-electron chi connectivity index (χ3n) is 2.68. The van der Waals surface area contributed by atoms with Gasteiger partial charge in [-0.15, -0.1) is 0 Å². The number of hydroxylamine groups is 1. The number of hydrogen-bond acceptors (Lipinski definition) is 2. The Morgan fingerprint density at radius 3 is 1.44 bits per heavy atom. The van der Waals surface area contributed by atoms with Crippen LogP contribution in [0.2, 0.25) is 0 Å². The van der Waals surface area contributed by atoms with Gasteiger partial charge in [0.15, 0.2) is 11.4 Å². The average molecular weight is 212 g/mol. The van der Waals surface area contributed by atoms with E-state index in [2.05, 4.69) is 0 Å². The highest BCUT2D eigenvalue weighted by Gasteiger charge is 2.66. The molecule has 16 heavy (non-hydrogen) atoms. The van der Waals surface area contributed by atoms with Crippen molar-refractivity contribution in [3.63, 3.8) is 0 Å². The van der Waals surface area contributed by atoms with Crippen LogP contribution in [-0.4, -0.2) is 6.09 Å². The van der Waals surface area contributed by atoms with Crippen LogP contribution in [0.5, 0.6) is 0 Å². The largest absolute Gasteiger partial charge is 0.621 e. The molecule has 0 N–H and O–H groups in total. The van der Waals surface area contributed by atoms with Crippen molar-refractivity contribution in [2.45, 2.75) is 0 Å². The van der Waals surface area contributed by atoms with Gasteiger partial charge in [0, 0.05) is 28.9 Å². The van der Waals surface area contributed by atoms with E-state index in [9.17, 15) is 4.79 Å². The summed E-state index contributed by atoms with van der Waals surface area (Å²) in [5.74, 6) is 0. The number of nitrogens with zero attached hydrogens (tertiary/aromatic N) is 1. The molecule has 78 valence electrons. The zero-order valence-electron chi connectivity index (χ0n) is 8.54. The first kappa shape index (κ1) is 9.12. The third-order valence-corrected chi connectivity index (χ3v) is 2.68. The van der Waals surface area contributed by atoms with Crippen LogP contribution in [0, 0.1) is 0 Å². The molecule has 0 radical (unpaired) electrons. The van der Waals surface area contributed by atoms with Crippen LogP contribution in [0.4, 0.5) is 16.2 Å². The Hall–Kier alpha value is -2.13. The molecule has 0 unspecified atom stereocenters. The monoisotopic (exact) mass is 212 g/mol. The summed E-state index contributed by atoms with van der Waals surface area (Å²) in [5.41, 5.74) is 1.66. The van der Waals surface area contributed by atoms with Gasteiger partial charge in [0.05, 0.1) is 0 Å². The predicted molar refractivity (Wildman–Crippen MR) is 60.8 cm³/mol. The number of amides is 1. The Bertz CT molecular complexity index is 483. The van der Waals surface area contributed by atoms with E-state index >= 15 is 0 Å². The molecule has 0 spiro atoms. The maximum atomic E-state index is 11.6. The van der Waals surface area contributed by atoms with Gasteiger partial charge >= 0.3 is 6.09 Å². The van der Waals surface area contributed by atoms with Crippen LogP contribution in [0.1, 0.15) is 0 Å². The highest BCUT2D eigenvalue weighted by atomic mass is 16.9. The lowest BCUT2D eigenvalue weighted by Gasteiger charge is -2.05. The Labute approximate surface area is 93.0 Å². The molecule has 0 aromatic heterocycles. The molecule has 0 atom stereocenters. The van der Waals surface area contributed by atoms with Crippen molar-refractivity contribution >= 4 is 17.5 Å². The van der Waals surface area contributed by atoms with Gasteiger partial charge in [0.1, 0.15) is 0 Å². The number of rotatable bonds is 2. The van der Waals surface area contributed by atoms with Crippen LogP contribution in [0.3, 0.4) is 0 Å². The summed E-state index contributed by atoms with van der Waals surface area (Å²) >= 11 is 0. The number of benzene rings is 2. The smallest absolute Gasteiger partial charge is 0.188 e. The van der Waals surface area contributed by atoms with Crippen molar-refractivity contribution in [1.82, 2.24) is 4.65 Å². The van der Waals surface area contributed by atoms with Crippen molar-refractivity contribution < 1.29 is 9.63 Å². The molecule has 1 saturated heterocycles. The van der Waals surface area contributed by atoms with E-state index in [4.69, 9.17) is 4.84 Å². The molecule has 1 heterocycles. The fourth-order valence-electron chi connectivity index (χ4n) is 1.84. The Kier molecular flexibility index (Phi) is 1.81. The normalized spacial score (nSPS) is 16.6. The number of carbonyl (C=O) groups excluding carboxylic acids is 1. The topological polar surface area (TPSA) is 29.6 Å². The van der Waals surface area contributed by atoms with Crippen LogP contribution in [-0.2, 0) is 4.84 Å². The minimum Gasteiger partial charge on any atom is -0.188 e. The number of quaternary nitrogens is 1. The fraction of sp³-hybridized carbons (Fsp3) is 0. The van der Waals surface area contributed by atoms with Crippen LogP contribution in [0.15, 0.2) is 60.7 Å². The predicted octanol–water partition coefficient (Wildman–Crippen LogP) is 3.39. The first-order valence-corrected chi connectivity index (χ1v) is 5.08. The molecule has 1 aliphatic heterocycles. The molecule has 0 bridgehead atoms. The second kappa shape index (κ2) is 3.18. The summed E-state index contributed by atoms with van der Waals surface area (Å²) in [6, 6.07) is 19.0. The van der Waals surface area contributed by atoms with Gasteiger partial charge in [-0.3, -0.25) is 0 Å². The van der Waals surface area contributed by atoms with Crippen LogP contribution < -0.4 is 4.65 Å². The maximum Gasteiger partial charge on any atom is 0.621 e. The van der Waals surface area contributed by atoms with E-state index in [1.165, 1.54) is 0 Å². The van der Waals surface area contributed by atoms with Crippen molar-refractivity contribution in [3.8, 4) is 0 Å². The van der Waals surface area contributed by atoms with Gasteiger partial charge in [-0.2, -0.15) is 9.63 Å². The van der Waals surface area contributed by atoms with E-state index in [1.54, 1.807) is 0 Å². The van der Waals surface area contributed by atoms with E-state index in [0.29, 0.717) is 0 Å². The Morgan fingerprint density at radius 1 is 0.750 bits per heavy atom. The maximum absolute atomic E-state index is 11.6. The summed E-state index contributed by atoms with van der Waals surface area (Å²) in [7, 11) is 0. The quantitative estimate of drug-likeness (QED) is 0.564. The number of carbonyl (C=O) groups is 1. The minimum absolute atomic E-state index is 0.123. The van der Waals surface area contributed by atoms with Gasteiger partial charge in [-0.05, 0) is 0 Å². The molecule has 2 aromatic carbocycles. The molecule has 0 saturated carbocycles. The first-order chi connectivity index (χ1) is 7.84. The molecular weight excluding hydrogens is 202 g/mol. The molecule has 3 heteroatoms. The van der Waals surface area contributed by atoms with E-state index in [0.717, 1.165) is 11.4 Å². The SMILES string of the molecule is O=C1O[N+]1(c1ccccc1)c1ccccc1. The van der Waals surface area contributed by atoms with E-state index < -0.39 is 0 Å². The van der Waals surface area contributed by atoms with Crippen molar-refractivity contribution in [2.75, 3.05) is 0 Å². The number of para-hydroxylation sites is 2. The van der Waals surface area contributed by atoms with Crippen LogP contribution in [0.25, 0.3) is 0 Å². The second-order valence-corrected chi connectivity index (χ2v) is 3.64. The minimum atomic E-state index is -0.239. The summed E-state index contributed by atoms with van der Waals surface area (Å²) in [6.07, 6.45) is -0.239. The standard InChI is InChI=1S/C13H10NO2/c15-13-14(16-13,11-7-3-1-4-8-11)12-9-5-2-6-10-12/h1-10H/q+1. The molecule has 3 nitrogen and oxygen atoms in total. The lowest BCUT2D eigenvalue weighted by molar-refractivity contribution is 0.239. The van der Waals surface area contributed by atoms with Crippen LogP contribution >= 0.6 is 0 Å². The van der Waals surface area contributed by atoms with Gasteiger partial charge in [-0.1, -0.05) is 36.4 Å². The van der Waals surface area contributed by atoms with Gasteiger partial charge < -0.3 is 0 Å². The molecule has 1 fully saturated rings.